The van der Waals surface area contributed by atoms with E-state index in [1.165, 1.54) is 4.31 Å². The van der Waals surface area contributed by atoms with Crippen molar-refractivity contribution in [2.24, 2.45) is 0 Å². The molecule has 0 spiro atoms. The van der Waals surface area contributed by atoms with Crippen LogP contribution in [0.5, 0.6) is 0 Å². The largest absolute Gasteiger partial charge is 0.265 e. The smallest absolute Gasteiger partial charge is 0.260 e. The molecular weight excluding hydrogens is 320 g/mol. The first-order valence-electron chi connectivity index (χ1n) is 7.99. The fraction of sp³-hybridized carbons (Fsp3) is 0.211. The molecule has 0 radical (unpaired) electrons. The molecule has 0 amide bonds. The third-order valence-corrected chi connectivity index (χ3v) is 6.21. The molecule has 0 fully saturated rings. The Morgan fingerprint density at radius 3 is 2.46 bits per heavy atom. The molecule has 0 saturated carbocycles. The van der Waals surface area contributed by atoms with E-state index in [1.807, 2.05) is 42.5 Å². The van der Waals surface area contributed by atoms with Crippen LogP contribution in [0.4, 0.5) is 5.69 Å². The number of sulfonamides is 1. The summed E-state index contributed by atoms with van der Waals surface area (Å²) in [5.41, 5.74) is 2.47. The maximum Gasteiger partial charge on any atom is 0.265 e. The standard InChI is InChI=1S/C19H18N2O2S/c1-13(2)16-9-5-8-15(20-16)12-21-17-10-3-6-14-7-4-11-18(19(14)17)24(21,22)23/h3-11,13H,12H2,1-2H3. The third kappa shape index (κ3) is 2.19. The van der Waals surface area contributed by atoms with Gasteiger partial charge < -0.3 is 0 Å². The number of rotatable bonds is 3. The van der Waals surface area contributed by atoms with E-state index in [9.17, 15) is 8.42 Å². The molecule has 4 nitrogen and oxygen atoms in total. The summed E-state index contributed by atoms with van der Waals surface area (Å²) in [5, 5.41) is 1.75. The molecule has 0 atom stereocenters. The number of nitrogens with zero attached hydrogens (tertiary/aromatic N) is 2. The van der Waals surface area contributed by atoms with E-state index >= 15 is 0 Å². The molecule has 24 heavy (non-hydrogen) atoms. The lowest BCUT2D eigenvalue weighted by Gasteiger charge is -2.19. The van der Waals surface area contributed by atoms with Crippen LogP contribution in [-0.2, 0) is 16.6 Å². The van der Waals surface area contributed by atoms with Gasteiger partial charge in [-0.25, -0.2) is 8.42 Å². The molecule has 1 aliphatic heterocycles. The Labute approximate surface area is 141 Å². The van der Waals surface area contributed by atoms with Crippen molar-refractivity contribution < 1.29 is 8.42 Å². The second-order valence-corrected chi connectivity index (χ2v) is 8.18. The summed E-state index contributed by atoms with van der Waals surface area (Å²) in [7, 11) is -3.54. The Morgan fingerprint density at radius 2 is 1.71 bits per heavy atom. The highest BCUT2D eigenvalue weighted by atomic mass is 32.2. The first-order chi connectivity index (χ1) is 11.5. The molecule has 5 heteroatoms. The van der Waals surface area contributed by atoms with Gasteiger partial charge in [0.15, 0.2) is 0 Å². The van der Waals surface area contributed by atoms with Gasteiger partial charge in [-0.1, -0.05) is 44.2 Å². The average Bonchev–Trinajstić information content (AvgIpc) is 2.79. The number of hydrogen-bond donors (Lipinski definition) is 0. The van der Waals surface area contributed by atoms with E-state index in [-0.39, 0.29) is 6.54 Å². The number of pyridine rings is 1. The Morgan fingerprint density at radius 1 is 1.00 bits per heavy atom. The monoisotopic (exact) mass is 338 g/mol. The minimum absolute atomic E-state index is 0.247. The molecular formula is C19H18N2O2S. The van der Waals surface area contributed by atoms with Crippen molar-refractivity contribution in [3.05, 3.63) is 66.0 Å². The van der Waals surface area contributed by atoms with Gasteiger partial charge in [0, 0.05) is 11.1 Å². The van der Waals surface area contributed by atoms with Crippen molar-refractivity contribution in [1.82, 2.24) is 4.98 Å². The molecule has 0 saturated heterocycles. The molecule has 2 heterocycles. The van der Waals surface area contributed by atoms with Crippen LogP contribution in [0.3, 0.4) is 0 Å². The van der Waals surface area contributed by atoms with Crippen LogP contribution in [0.1, 0.15) is 31.2 Å². The van der Waals surface area contributed by atoms with Crippen molar-refractivity contribution in [1.29, 1.82) is 0 Å². The zero-order valence-corrected chi connectivity index (χ0v) is 14.4. The van der Waals surface area contributed by atoms with Gasteiger partial charge in [0.1, 0.15) is 0 Å². The van der Waals surface area contributed by atoms with Crippen LogP contribution >= 0.6 is 0 Å². The van der Waals surface area contributed by atoms with Crippen LogP contribution < -0.4 is 4.31 Å². The van der Waals surface area contributed by atoms with Crippen molar-refractivity contribution in [2.75, 3.05) is 4.31 Å². The van der Waals surface area contributed by atoms with Gasteiger partial charge in [-0.15, -0.1) is 0 Å². The van der Waals surface area contributed by atoms with E-state index in [0.29, 0.717) is 10.8 Å². The summed E-state index contributed by atoms with van der Waals surface area (Å²) in [4.78, 5) is 5.01. The Bertz CT molecular complexity index is 1040. The van der Waals surface area contributed by atoms with Gasteiger partial charge in [-0.2, -0.15) is 0 Å². The highest BCUT2D eigenvalue weighted by Crippen LogP contribution is 2.42. The molecule has 0 bridgehead atoms. The van der Waals surface area contributed by atoms with Crippen LogP contribution in [0.25, 0.3) is 10.8 Å². The van der Waals surface area contributed by atoms with Crippen molar-refractivity contribution >= 4 is 26.5 Å². The van der Waals surface area contributed by atoms with Gasteiger partial charge in [0.05, 0.1) is 22.8 Å². The maximum atomic E-state index is 13.0. The Balaban J connectivity index is 1.83. The molecule has 0 unspecified atom stereocenters. The van der Waals surface area contributed by atoms with Crippen molar-refractivity contribution in [3.63, 3.8) is 0 Å². The van der Waals surface area contributed by atoms with Crippen LogP contribution in [0.2, 0.25) is 0 Å². The lowest BCUT2D eigenvalue weighted by molar-refractivity contribution is 0.593. The van der Waals surface area contributed by atoms with Crippen molar-refractivity contribution in [2.45, 2.75) is 31.2 Å². The molecule has 1 aromatic heterocycles. The number of hydrogen-bond acceptors (Lipinski definition) is 3. The Kier molecular flexibility index (Phi) is 3.35. The summed E-state index contributed by atoms with van der Waals surface area (Å²) in [5.74, 6) is 0.306. The van der Waals surface area contributed by atoms with Gasteiger partial charge in [-0.3, -0.25) is 9.29 Å². The minimum atomic E-state index is -3.54. The van der Waals surface area contributed by atoms with Crippen LogP contribution in [0, 0.1) is 0 Å². The molecule has 2 aromatic carbocycles. The van der Waals surface area contributed by atoms with Gasteiger partial charge in [-0.05, 0) is 35.6 Å². The first kappa shape index (κ1) is 15.1. The first-order valence-corrected chi connectivity index (χ1v) is 9.43. The highest BCUT2D eigenvalue weighted by molar-refractivity contribution is 7.93. The molecule has 0 N–H and O–H groups in total. The SMILES string of the molecule is CC(C)c1cccc(CN2c3cccc4cccc(c34)S2(=O)=O)n1. The van der Waals surface area contributed by atoms with Gasteiger partial charge >= 0.3 is 0 Å². The lowest BCUT2D eigenvalue weighted by Crippen LogP contribution is -2.27. The second kappa shape index (κ2) is 5.31. The molecule has 3 aromatic rings. The number of benzene rings is 2. The zero-order chi connectivity index (χ0) is 16.9. The predicted molar refractivity (Wildman–Crippen MR) is 95.6 cm³/mol. The zero-order valence-electron chi connectivity index (χ0n) is 13.6. The maximum absolute atomic E-state index is 13.0. The number of anilines is 1. The molecule has 0 aliphatic carbocycles. The van der Waals surface area contributed by atoms with E-state index in [1.54, 1.807) is 12.1 Å². The summed E-state index contributed by atoms with van der Waals surface area (Å²) in [6, 6.07) is 16.9. The van der Waals surface area contributed by atoms with E-state index in [0.717, 1.165) is 27.8 Å². The van der Waals surface area contributed by atoms with Crippen LogP contribution in [-0.4, -0.2) is 13.4 Å². The van der Waals surface area contributed by atoms with Crippen molar-refractivity contribution in [3.8, 4) is 0 Å². The molecule has 1 aliphatic rings. The number of aromatic nitrogens is 1. The molecule has 122 valence electrons. The third-order valence-electron chi connectivity index (χ3n) is 4.41. The fourth-order valence-corrected chi connectivity index (χ4v) is 4.87. The lowest BCUT2D eigenvalue weighted by atomic mass is 10.1. The van der Waals surface area contributed by atoms with E-state index in [2.05, 4.69) is 18.8 Å². The summed E-state index contributed by atoms with van der Waals surface area (Å²) in [6.45, 7) is 4.40. The second-order valence-electron chi connectivity index (χ2n) is 6.35. The van der Waals surface area contributed by atoms with Gasteiger partial charge in [0.2, 0.25) is 0 Å². The normalized spacial score (nSPS) is 15.4. The van der Waals surface area contributed by atoms with Gasteiger partial charge in [0.25, 0.3) is 10.0 Å². The Hall–Kier alpha value is -2.40. The average molecular weight is 338 g/mol. The summed E-state index contributed by atoms with van der Waals surface area (Å²) < 4.78 is 27.4. The minimum Gasteiger partial charge on any atom is -0.260 e. The van der Waals surface area contributed by atoms with E-state index in [4.69, 9.17) is 0 Å². The van der Waals surface area contributed by atoms with Crippen LogP contribution in [0.15, 0.2) is 59.5 Å². The summed E-state index contributed by atoms with van der Waals surface area (Å²) in [6.07, 6.45) is 0. The highest BCUT2D eigenvalue weighted by Gasteiger charge is 2.35. The van der Waals surface area contributed by atoms with E-state index < -0.39 is 10.0 Å². The predicted octanol–water partition coefficient (Wildman–Crippen LogP) is 4.07. The fourth-order valence-electron chi connectivity index (χ4n) is 3.18. The summed E-state index contributed by atoms with van der Waals surface area (Å²) >= 11 is 0. The molecule has 4 rings (SSSR count). The quantitative estimate of drug-likeness (QED) is 0.723. The topological polar surface area (TPSA) is 50.3 Å².